The fourth-order valence-corrected chi connectivity index (χ4v) is 3.12. The van der Waals surface area contributed by atoms with Crippen LogP contribution in [0.15, 0.2) is 66.7 Å². The number of benzene rings is 2. The van der Waals surface area contributed by atoms with E-state index in [-0.39, 0.29) is 23.9 Å². The molecule has 5 nitrogen and oxygen atoms in total. The molecule has 0 saturated heterocycles. The number of aromatic nitrogens is 1. The van der Waals surface area contributed by atoms with E-state index in [1.165, 1.54) is 0 Å². The Morgan fingerprint density at radius 3 is 2.55 bits per heavy atom. The minimum absolute atomic E-state index is 0.130. The predicted octanol–water partition coefficient (Wildman–Crippen LogP) is 4.92. The zero-order valence-electron chi connectivity index (χ0n) is 15.5. The molecule has 2 heterocycles. The molecule has 0 spiro atoms. The van der Waals surface area contributed by atoms with E-state index in [1.807, 2.05) is 0 Å². The van der Waals surface area contributed by atoms with E-state index in [9.17, 15) is 9.59 Å². The first kappa shape index (κ1) is 18.9. The number of hydrogen-bond donors (Lipinski definition) is 0. The van der Waals surface area contributed by atoms with Gasteiger partial charge in [0, 0.05) is 28.5 Å². The topological polar surface area (TPSA) is 65.5 Å². The van der Waals surface area contributed by atoms with Crippen molar-refractivity contribution in [2.24, 2.45) is 0 Å². The Morgan fingerprint density at radius 1 is 1.10 bits per heavy atom. The van der Waals surface area contributed by atoms with Crippen molar-refractivity contribution in [2.45, 2.75) is 6.92 Å². The molecule has 0 fully saturated rings. The molecular formula is C23H16ClNO4. The summed E-state index contributed by atoms with van der Waals surface area (Å²) in [4.78, 5) is 28.9. The highest BCUT2D eigenvalue weighted by molar-refractivity contribution is 6.30. The number of ketones is 2. The van der Waals surface area contributed by atoms with E-state index in [0.29, 0.717) is 33.2 Å². The zero-order valence-corrected chi connectivity index (χ0v) is 16.3. The van der Waals surface area contributed by atoms with Crippen molar-refractivity contribution >= 4 is 29.2 Å². The number of hydrogen-bond acceptors (Lipinski definition) is 5. The molecule has 2 aromatic carbocycles. The second-order valence-electron chi connectivity index (χ2n) is 6.50. The lowest BCUT2D eigenvalue weighted by atomic mass is 10.1. The lowest BCUT2D eigenvalue weighted by Gasteiger charge is -2.11. The Balaban J connectivity index is 1.52. The van der Waals surface area contributed by atoms with Gasteiger partial charge in [-0.3, -0.25) is 14.6 Å². The summed E-state index contributed by atoms with van der Waals surface area (Å²) in [5.74, 6) is 0.819. The maximum absolute atomic E-state index is 12.6. The number of rotatable bonds is 5. The fraction of sp³-hybridized carbons (Fsp3) is 0.0870. The standard InChI is InChI=1S/C23H16ClNO4/c1-14-20(28-13-19(26)16-2-4-17(24)5-3-16)7-6-18-22(27)21(29-23(14)18)12-15-8-10-25-11-9-15/h2-12H,13H2,1H3/b21-12-. The number of carbonyl (C=O) groups excluding carboxylic acids is 2. The van der Waals surface area contributed by atoms with Gasteiger partial charge in [0.1, 0.15) is 11.5 Å². The highest BCUT2D eigenvalue weighted by Gasteiger charge is 2.30. The highest BCUT2D eigenvalue weighted by atomic mass is 35.5. The van der Waals surface area contributed by atoms with Crippen molar-refractivity contribution < 1.29 is 19.1 Å². The van der Waals surface area contributed by atoms with Crippen LogP contribution in [0.3, 0.4) is 0 Å². The van der Waals surface area contributed by atoms with Crippen molar-refractivity contribution in [1.29, 1.82) is 0 Å². The predicted molar refractivity (Wildman–Crippen MR) is 110 cm³/mol. The van der Waals surface area contributed by atoms with Crippen LogP contribution in [-0.4, -0.2) is 23.2 Å². The maximum atomic E-state index is 12.6. The zero-order chi connectivity index (χ0) is 20.4. The molecule has 0 aliphatic carbocycles. The molecule has 144 valence electrons. The van der Waals surface area contributed by atoms with E-state index in [0.717, 1.165) is 5.56 Å². The largest absolute Gasteiger partial charge is 0.485 e. The van der Waals surface area contributed by atoms with Gasteiger partial charge in [-0.05, 0) is 67.1 Å². The Bertz CT molecular complexity index is 1120. The average molecular weight is 406 g/mol. The molecule has 29 heavy (non-hydrogen) atoms. The number of pyridine rings is 1. The third kappa shape index (κ3) is 3.91. The molecule has 3 aromatic rings. The lowest BCUT2D eigenvalue weighted by molar-refractivity contribution is 0.0920. The lowest BCUT2D eigenvalue weighted by Crippen LogP contribution is -2.12. The van der Waals surface area contributed by atoms with Crippen molar-refractivity contribution in [1.82, 2.24) is 4.98 Å². The number of Topliss-reactive ketones (excluding diaryl/α,β-unsaturated/α-hetero) is 2. The highest BCUT2D eigenvalue weighted by Crippen LogP contribution is 2.39. The fourth-order valence-electron chi connectivity index (χ4n) is 3.00. The molecule has 6 heteroatoms. The maximum Gasteiger partial charge on any atom is 0.231 e. The van der Waals surface area contributed by atoms with E-state index in [2.05, 4.69) is 4.98 Å². The quantitative estimate of drug-likeness (QED) is 0.445. The third-order valence-corrected chi connectivity index (χ3v) is 4.82. The summed E-state index contributed by atoms with van der Waals surface area (Å²) in [5.41, 5.74) is 2.47. The molecule has 1 aliphatic heterocycles. The van der Waals surface area contributed by atoms with E-state index >= 15 is 0 Å². The molecule has 0 amide bonds. The van der Waals surface area contributed by atoms with Crippen molar-refractivity contribution in [2.75, 3.05) is 6.61 Å². The Hall–Kier alpha value is -3.44. The van der Waals surface area contributed by atoms with Crippen LogP contribution in [0.25, 0.3) is 6.08 Å². The normalized spacial score (nSPS) is 13.9. The first-order valence-electron chi connectivity index (χ1n) is 8.92. The van der Waals surface area contributed by atoms with E-state index < -0.39 is 0 Å². The number of nitrogens with zero attached hydrogens (tertiary/aromatic N) is 1. The van der Waals surface area contributed by atoms with Gasteiger partial charge in [0.2, 0.25) is 5.78 Å². The number of carbonyl (C=O) groups is 2. The van der Waals surface area contributed by atoms with E-state index in [4.69, 9.17) is 21.1 Å². The van der Waals surface area contributed by atoms with Gasteiger partial charge < -0.3 is 9.47 Å². The summed E-state index contributed by atoms with van der Waals surface area (Å²) >= 11 is 5.85. The smallest absolute Gasteiger partial charge is 0.231 e. The Morgan fingerprint density at radius 2 is 1.83 bits per heavy atom. The van der Waals surface area contributed by atoms with E-state index in [1.54, 1.807) is 73.9 Å². The Kier molecular flexibility index (Phi) is 5.14. The van der Waals surface area contributed by atoms with Gasteiger partial charge in [-0.1, -0.05) is 11.6 Å². The molecule has 0 unspecified atom stereocenters. The number of halogens is 1. The van der Waals surface area contributed by atoms with Gasteiger partial charge in [-0.2, -0.15) is 0 Å². The third-order valence-electron chi connectivity index (χ3n) is 4.57. The summed E-state index contributed by atoms with van der Waals surface area (Å²) in [6.07, 6.45) is 4.97. The summed E-state index contributed by atoms with van der Waals surface area (Å²) in [6, 6.07) is 13.5. The van der Waals surface area contributed by atoms with Gasteiger partial charge in [0.25, 0.3) is 0 Å². The SMILES string of the molecule is Cc1c(OCC(=O)c2ccc(Cl)cc2)ccc2c1O/C(=C\c1ccncc1)C2=O. The van der Waals surface area contributed by atoms with Crippen LogP contribution in [0.2, 0.25) is 5.02 Å². The van der Waals surface area contributed by atoms with Crippen LogP contribution in [-0.2, 0) is 0 Å². The second kappa shape index (κ2) is 7.89. The molecule has 4 rings (SSSR count). The van der Waals surface area contributed by atoms with Crippen molar-refractivity contribution in [3.05, 3.63) is 94.0 Å². The molecule has 0 saturated carbocycles. The monoisotopic (exact) mass is 405 g/mol. The first-order chi connectivity index (χ1) is 14.0. The van der Waals surface area contributed by atoms with Gasteiger partial charge in [0.05, 0.1) is 5.56 Å². The van der Waals surface area contributed by atoms with Crippen LogP contribution in [0.5, 0.6) is 11.5 Å². The van der Waals surface area contributed by atoms with Gasteiger partial charge in [-0.25, -0.2) is 0 Å². The van der Waals surface area contributed by atoms with Crippen LogP contribution in [0.4, 0.5) is 0 Å². The molecule has 0 atom stereocenters. The van der Waals surface area contributed by atoms with Crippen molar-refractivity contribution in [3.8, 4) is 11.5 Å². The van der Waals surface area contributed by atoms with Crippen LogP contribution >= 0.6 is 11.6 Å². The van der Waals surface area contributed by atoms with Gasteiger partial charge >= 0.3 is 0 Å². The summed E-state index contributed by atoms with van der Waals surface area (Å²) < 4.78 is 11.5. The molecular weight excluding hydrogens is 390 g/mol. The second-order valence-corrected chi connectivity index (χ2v) is 6.94. The molecule has 1 aromatic heterocycles. The minimum atomic E-state index is -0.191. The molecule has 0 radical (unpaired) electrons. The summed E-state index contributed by atoms with van der Waals surface area (Å²) in [7, 11) is 0. The van der Waals surface area contributed by atoms with Crippen molar-refractivity contribution in [3.63, 3.8) is 0 Å². The minimum Gasteiger partial charge on any atom is -0.485 e. The average Bonchev–Trinajstić information content (AvgIpc) is 3.05. The van der Waals surface area contributed by atoms with Gasteiger partial charge in [-0.15, -0.1) is 0 Å². The Labute approximate surface area is 172 Å². The van der Waals surface area contributed by atoms with Gasteiger partial charge in [0.15, 0.2) is 18.1 Å². The first-order valence-corrected chi connectivity index (χ1v) is 9.30. The number of allylic oxidation sites excluding steroid dienone is 1. The van der Waals surface area contributed by atoms with Crippen LogP contribution in [0, 0.1) is 6.92 Å². The molecule has 0 N–H and O–H groups in total. The van der Waals surface area contributed by atoms with Crippen LogP contribution < -0.4 is 9.47 Å². The summed E-state index contributed by atoms with van der Waals surface area (Å²) in [6.45, 7) is 1.67. The number of fused-ring (bicyclic) bond motifs is 1. The molecule has 1 aliphatic rings. The molecule has 0 bridgehead atoms. The number of ether oxygens (including phenoxy) is 2. The summed E-state index contributed by atoms with van der Waals surface area (Å²) in [5, 5.41) is 0.564. The van der Waals surface area contributed by atoms with Crippen LogP contribution in [0.1, 0.15) is 31.8 Å².